The number of hydrogen-bond acceptors (Lipinski definition) is 2. The van der Waals surface area contributed by atoms with Crippen LogP contribution in [0.5, 0.6) is 0 Å². The van der Waals surface area contributed by atoms with Gasteiger partial charge in [-0.25, -0.2) is 0 Å². The Morgan fingerprint density at radius 1 is 1.71 bits per heavy atom. The highest BCUT2D eigenvalue weighted by atomic mass is 15.0. The summed E-state index contributed by atoms with van der Waals surface area (Å²) >= 11 is 0. The van der Waals surface area contributed by atoms with E-state index in [0.29, 0.717) is 6.54 Å². The van der Waals surface area contributed by atoms with Crippen LogP contribution in [0.25, 0.3) is 0 Å². The van der Waals surface area contributed by atoms with Crippen LogP contribution in [-0.4, -0.2) is 32.1 Å². The molecule has 0 radical (unpaired) electrons. The van der Waals surface area contributed by atoms with Crippen molar-refractivity contribution in [3.63, 3.8) is 0 Å². The molecular formula is C5H14N2. The Balaban J connectivity index is 3.17. The molecule has 0 saturated heterocycles. The van der Waals surface area contributed by atoms with Crippen LogP contribution < -0.4 is 5.73 Å². The van der Waals surface area contributed by atoms with Crippen LogP contribution in [-0.2, 0) is 0 Å². The fourth-order valence-corrected chi connectivity index (χ4v) is 0.333. The number of nitrogens with zero attached hydrogens (tertiary/aromatic N) is 1. The van der Waals surface area contributed by atoms with E-state index >= 15 is 0 Å². The lowest BCUT2D eigenvalue weighted by Gasteiger charge is -2.05. The van der Waals surface area contributed by atoms with Gasteiger partial charge in [0.25, 0.3) is 0 Å². The maximum absolute atomic E-state index is 7.27. The molecule has 0 rings (SSSR count). The second-order valence-corrected chi connectivity index (χ2v) is 1.72. The van der Waals surface area contributed by atoms with Crippen LogP contribution in [0.4, 0.5) is 0 Å². The molecule has 0 aromatic heterocycles. The number of hydrogen-bond donors (Lipinski definition) is 1. The largest absolute Gasteiger partial charge is 0.330 e. The molecule has 0 aliphatic carbocycles. The first-order valence-corrected chi connectivity index (χ1v) is 2.47. The third-order valence-electron chi connectivity index (χ3n) is 0.661. The number of nitrogens with two attached hydrogens (primary N) is 1. The Bertz CT molecular complexity index is 56.4. The van der Waals surface area contributed by atoms with Gasteiger partial charge >= 0.3 is 0 Å². The van der Waals surface area contributed by atoms with Crippen molar-refractivity contribution >= 4 is 0 Å². The molecule has 0 heterocycles. The monoisotopic (exact) mass is 103 g/mol. The van der Waals surface area contributed by atoms with Crippen molar-refractivity contribution in [2.24, 2.45) is 5.73 Å². The molecule has 0 saturated carbocycles. The first-order valence-electron chi connectivity index (χ1n) is 3.05. The highest BCUT2D eigenvalue weighted by Gasteiger charge is 1.83. The van der Waals surface area contributed by atoms with Gasteiger partial charge in [-0.3, -0.25) is 0 Å². The smallest absolute Gasteiger partial charge is 0.0431 e. The lowest BCUT2D eigenvalue weighted by Crippen LogP contribution is -2.16. The number of rotatable bonds is 3. The lowest BCUT2D eigenvalue weighted by atomic mass is 10.4. The summed E-state index contributed by atoms with van der Waals surface area (Å²) in [7, 11) is 3.76. The van der Waals surface area contributed by atoms with Crippen LogP contribution in [0.1, 0.15) is 7.79 Å². The molecule has 0 aromatic carbocycles. The first kappa shape index (κ1) is 5.06. The summed E-state index contributed by atoms with van der Waals surface area (Å²) in [6, 6.07) is 0. The van der Waals surface area contributed by atoms with E-state index in [2.05, 4.69) is 0 Å². The van der Waals surface area contributed by atoms with E-state index in [-0.39, 0.29) is 6.52 Å². The molecule has 2 nitrogen and oxygen atoms in total. The summed E-state index contributed by atoms with van der Waals surface area (Å²) < 4.78 is 7.27. The Morgan fingerprint density at radius 3 is 2.43 bits per heavy atom. The zero-order valence-corrected chi connectivity index (χ0v) is 5.02. The molecule has 0 amide bonds. The van der Waals surface area contributed by atoms with Crippen LogP contribution in [0, 0.1) is 0 Å². The van der Waals surface area contributed by atoms with E-state index in [0.717, 1.165) is 6.42 Å². The van der Waals surface area contributed by atoms with Crippen molar-refractivity contribution in [2.45, 2.75) is 6.42 Å². The third-order valence-corrected chi connectivity index (χ3v) is 0.661. The summed E-state index contributed by atoms with van der Waals surface area (Å²) in [6.07, 6.45) is 0.757. The van der Waals surface area contributed by atoms with Crippen LogP contribution in [0.2, 0.25) is 0 Å². The lowest BCUT2D eigenvalue weighted by molar-refractivity contribution is 0.403. The van der Waals surface area contributed by atoms with E-state index < -0.39 is 0 Å². The molecule has 0 aliphatic heterocycles. The quantitative estimate of drug-likeness (QED) is 0.540. The Labute approximate surface area is 46.7 Å². The predicted molar refractivity (Wildman–Crippen MR) is 32.2 cm³/mol. The summed E-state index contributed by atoms with van der Waals surface area (Å²) in [5.74, 6) is 0. The van der Waals surface area contributed by atoms with Gasteiger partial charge in [-0.15, -0.1) is 0 Å². The van der Waals surface area contributed by atoms with Crippen molar-refractivity contribution in [2.75, 3.05) is 27.2 Å². The summed E-state index contributed by atoms with van der Waals surface area (Å²) in [5.41, 5.74) is 5.22. The molecule has 2 heteroatoms. The van der Waals surface area contributed by atoms with Gasteiger partial charge in [0.05, 0.1) is 0 Å². The van der Waals surface area contributed by atoms with Gasteiger partial charge in [-0.2, -0.15) is 0 Å². The fourth-order valence-electron chi connectivity index (χ4n) is 0.333. The van der Waals surface area contributed by atoms with E-state index in [1.54, 1.807) is 0 Å². The van der Waals surface area contributed by atoms with Gasteiger partial charge in [0, 0.05) is 1.37 Å². The Hall–Kier alpha value is -0.0800. The van der Waals surface area contributed by atoms with E-state index in [1.165, 1.54) is 0 Å². The van der Waals surface area contributed by atoms with Crippen LogP contribution in [0.3, 0.4) is 0 Å². The topological polar surface area (TPSA) is 29.3 Å². The van der Waals surface area contributed by atoms with Crippen molar-refractivity contribution in [3.8, 4) is 0 Å². The van der Waals surface area contributed by atoms with Gasteiger partial charge in [0.2, 0.25) is 0 Å². The molecule has 0 aromatic rings. The molecular weight excluding hydrogens is 88.1 g/mol. The standard InChI is InChI=1S/C5H14N2/c1-7(2)5-3-4-6/h3-6H2,1-2H3/i5D. The van der Waals surface area contributed by atoms with E-state index in [1.807, 2.05) is 19.0 Å². The molecule has 0 aliphatic rings. The third kappa shape index (κ3) is 5.92. The zero-order valence-electron chi connectivity index (χ0n) is 6.02. The van der Waals surface area contributed by atoms with Crippen LogP contribution in [0.15, 0.2) is 0 Å². The average Bonchev–Trinajstić information content (AvgIpc) is 1.67. The molecule has 1 unspecified atom stereocenters. The average molecular weight is 103 g/mol. The SMILES string of the molecule is [2H]C(CCN)N(C)C. The van der Waals surface area contributed by atoms with Crippen molar-refractivity contribution in [1.82, 2.24) is 4.90 Å². The molecule has 44 valence electrons. The van der Waals surface area contributed by atoms with Gasteiger partial charge in [0.1, 0.15) is 0 Å². The minimum atomic E-state index is -0.125. The van der Waals surface area contributed by atoms with Gasteiger partial charge < -0.3 is 10.6 Å². The molecule has 0 bridgehead atoms. The van der Waals surface area contributed by atoms with Gasteiger partial charge in [0.15, 0.2) is 0 Å². The Kier molecular flexibility index (Phi) is 2.96. The van der Waals surface area contributed by atoms with Gasteiger partial charge in [-0.05, 0) is 33.6 Å². The molecule has 1 atom stereocenters. The van der Waals surface area contributed by atoms with Gasteiger partial charge in [-0.1, -0.05) is 0 Å². The summed E-state index contributed by atoms with van der Waals surface area (Å²) in [4.78, 5) is 1.84. The normalized spacial score (nSPS) is 16.9. The minimum absolute atomic E-state index is 0.125. The first-order chi connectivity index (χ1) is 3.68. The maximum atomic E-state index is 7.27. The zero-order chi connectivity index (χ0) is 6.57. The highest BCUT2D eigenvalue weighted by molar-refractivity contribution is 4.42. The van der Waals surface area contributed by atoms with E-state index in [4.69, 9.17) is 7.10 Å². The predicted octanol–water partition coefficient (Wildman–Crippen LogP) is -0.103. The fraction of sp³-hybridized carbons (Fsp3) is 1.00. The minimum Gasteiger partial charge on any atom is -0.330 e. The molecule has 7 heavy (non-hydrogen) atoms. The van der Waals surface area contributed by atoms with E-state index in [9.17, 15) is 0 Å². The summed E-state index contributed by atoms with van der Waals surface area (Å²) in [5, 5.41) is 0. The highest BCUT2D eigenvalue weighted by Crippen LogP contribution is 1.76. The van der Waals surface area contributed by atoms with Crippen molar-refractivity contribution < 1.29 is 1.37 Å². The summed E-state index contributed by atoms with van der Waals surface area (Å²) in [6.45, 7) is 0.479. The second-order valence-electron chi connectivity index (χ2n) is 1.72. The molecule has 0 fully saturated rings. The van der Waals surface area contributed by atoms with Crippen molar-refractivity contribution in [3.05, 3.63) is 0 Å². The molecule has 0 spiro atoms. The van der Waals surface area contributed by atoms with Crippen molar-refractivity contribution in [1.29, 1.82) is 0 Å². The Morgan fingerprint density at radius 2 is 2.29 bits per heavy atom. The van der Waals surface area contributed by atoms with Crippen LogP contribution >= 0.6 is 0 Å². The molecule has 2 N–H and O–H groups in total. The maximum Gasteiger partial charge on any atom is 0.0431 e. The second kappa shape index (κ2) is 4.09.